The molecule has 0 fully saturated rings. The Kier molecular flexibility index (Phi) is 8.32. The van der Waals surface area contributed by atoms with Crippen LogP contribution in [-0.4, -0.2) is 34.1 Å². The van der Waals surface area contributed by atoms with Gasteiger partial charge in [0.25, 0.3) is 0 Å². The number of fused-ring (bicyclic) bond motifs is 1. The van der Waals surface area contributed by atoms with Crippen LogP contribution < -0.4 is 9.47 Å². The van der Waals surface area contributed by atoms with Crippen LogP contribution in [0.4, 0.5) is 10.1 Å². The van der Waals surface area contributed by atoms with E-state index in [9.17, 15) is 14.5 Å². The second-order valence-electron chi connectivity index (χ2n) is 10.8. The molecule has 0 saturated heterocycles. The summed E-state index contributed by atoms with van der Waals surface area (Å²) in [5.74, 6) is -0.240. The summed E-state index contributed by atoms with van der Waals surface area (Å²) < 4.78 is 34.7. The molecule has 216 valence electrons. The Labute approximate surface area is 243 Å². The Morgan fingerprint density at radius 1 is 0.976 bits per heavy atom. The van der Waals surface area contributed by atoms with E-state index < -0.39 is 24.5 Å². The maximum absolute atomic E-state index is 14.3. The van der Waals surface area contributed by atoms with Gasteiger partial charge in [-0.1, -0.05) is 50.0 Å². The van der Waals surface area contributed by atoms with Crippen molar-refractivity contribution < 1.29 is 23.5 Å². The van der Waals surface area contributed by atoms with Gasteiger partial charge in [0.05, 0.1) is 16.0 Å². The molecule has 0 saturated carbocycles. The normalized spacial score (nSPS) is 12.3. The van der Waals surface area contributed by atoms with Crippen LogP contribution >= 0.6 is 0 Å². The molecule has 5 rings (SSSR count). The van der Waals surface area contributed by atoms with Crippen molar-refractivity contribution in [3.63, 3.8) is 0 Å². The molecular weight excluding hydrogens is 555 g/mol. The van der Waals surface area contributed by atoms with Crippen molar-refractivity contribution in [1.29, 1.82) is 0 Å². The lowest BCUT2D eigenvalue weighted by Crippen LogP contribution is -2.37. The molecule has 1 unspecified atom stereocenters. The van der Waals surface area contributed by atoms with Gasteiger partial charge in [0.1, 0.15) is 44.0 Å². The molecule has 11 heteroatoms. The van der Waals surface area contributed by atoms with Gasteiger partial charge < -0.3 is 18.8 Å². The van der Waals surface area contributed by atoms with Crippen molar-refractivity contribution in [1.82, 2.24) is 14.5 Å². The first-order valence-electron chi connectivity index (χ1n) is 13.5. The first kappa shape index (κ1) is 28.9. The third-order valence-corrected chi connectivity index (χ3v) is 8.53. The van der Waals surface area contributed by atoms with Gasteiger partial charge >= 0.3 is 5.69 Å². The summed E-state index contributed by atoms with van der Waals surface area (Å²) in [7, 11) is -1.97. The third-order valence-electron chi connectivity index (χ3n) is 6.62. The molecule has 1 atom stereocenters. The maximum atomic E-state index is 14.3. The summed E-state index contributed by atoms with van der Waals surface area (Å²) >= 11 is 0. The maximum Gasteiger partial charge on any atom is 0.305 e. The predicted octanol–water partition coefficient (Wildman–Crippen LogP) is 7.93. The first-order chi connectivity index (χ1) is 20.2. The lowest BCUT2D eigenvalue weighted by Gasteiger charge is -2.32. The van der Waals surface area contributed by atoms with Gasteiger partial charge in [0, 0.05) is 18.7 Å². The van der Waals surface area contributed by atoms with E-state index in [4.69, 9.17) is 14.2 Å². The van der Waals surface area contributed by atoms with Gasteiger partial charge in [-0.25, -0.2) is 9.97 Å². The Morgan fingerprint density at radius 2 is 1.69 bits per heavy atom. The number of benzene rings is 3. The van der Waals surface area contributed by atoms with Crippen molar-refractivity contribution in [2.75, 3.05) is 6.61 Å². The number of nitrogens with zero attached hydrogens (tertiary/aromatic N) is 4. The average molecular weight is 587 g/mol. The van der Waals surface area contributed by atoms with Crippen LogP contribution in [0.1, 0.15) is 18.3 Å². The predicted molar refractivity (Wildman–Crippen MR) is 161 cm³/mol. The van der Waals surface area contributed by atoms with Crippen molar-refractivity contribution in [3.05, 3.63) is 107 Å². The highest BCUT2D eigenvalue weighted by atomic mass is 28.3. The van der Waals surface area contributed by atoms with Gasteiger partial charge in [0.15, 0.2) is 0 Å². The Bertz CT molecular complexity index is 1710. The standard InChI is InChI=1S/C31H31FN4O5Si/c1-5-39-31(42(2,3)4)35-28(22-11-13-23(14-12-22)40-19-21-9-7-6-8-10-21)18-25-29(35)33-20-34-30(25)41-24-15-16-27(36(37)38)26(32)17-24/h6-18,20,31H,5,19H2,1-4H3. The fraction of sp³-hybridized carbons (Fsp3) is 0.226. The number of rotatable bonds is 11. The molecule has 3 aromatic carbocycles. The zero-order valence-electron chi connectivity index (χ0n) is 23.8. The van der Waals surface area contributed by atoms with Gasteiger partial charge in [-0.15, -0.1) is 0 Å². The molecule has 2 aromatic heterocycles. The fourth-order valence-electron chi connectivity index (χ4n) is 4.69. The van der Waals surface area contributed by atoms with Crippen LogP contribution in [0, 0.1) is 15.9 Å². The lowest BCUT2D eigenvalue weighted by molar-refractivity contribution is -0.387. The minimum Gasteiger partial charge on any atom is -0.489 e. The van der Waals surface area contributed by atoms with Crippen LogP contribution in [0.5, 0.6) is 17.4 Å². The van der Waals surface area contributed by atoms with E-state index in [2.05, 4.69) is 34.2 Å². The second-order valence-corrected chi connectivity index (χ2v) is 16.0. The Hall–Kier alpha value is -4.61. The number of hydrogen-bond acceptors (Lipinski definition) is 7. The summed E-state index contributed by atoms with van der Waals surface area (Å²) in [5, 5.41) is 11.6. The molecule has 0 amide bonds. The third kappa shape index (κ3) is 6.16. The number of nitro benzene ring substituents is 1. The minimum absolute atomic E-state index is 0.0823. The first-order valence-corrected chi connectivity index (χ1v) is 17.1. The van der Waals surface area contributed by atoms with Gasteiger partial charge in [0.2, 0.25) is 11.7 Å². The molecule has 0 aliphatic carbocycles. The molecule has 0 radical (unpaired) electrons. The van der Waals surface area contributed by atoms with E-state index in [1.54, 1.807) is 0 Å². The number of nitro groups is 1. The molecule has 42 heavy (non-hydrogen) atoms. The van der Waals surface area contributed by atoms with Crippen molar-refractivity contribution >= 4 is 24.8 Å². The smallest absolute Gasteiger partial charge is 0.305 e. The molecule has 0 N–H and O–H groups in total. The topological polar surface area (TPSA) is 102 Å². The van der Waals surface area contributed by atoms with Gasteiger partial charge in [-0.3, -0.25) is 10.1 Å². The summed E-state index contributed by atoms with van der Waals surface area (Å²) in [6.45, 7) is 9.61. The Morgan fingerprint density at radius 3 is 2.33 bits per heavy atom. The highest BCUT2D eigenvalue weighted by Crippen LogP contribution is 2.39. The zero-order valence-corrected chi connectivity index (χ0v) is 24.8. The number of aromatic nitrogens is 3. The van der Waals surface area contributed by atoms with E-state index in [1.165, 1.54) is 12.4 Å². The largest absolute Gasteiger partial charge is 0.489 e. The van der Waals surface area contributed by atoms with Crippen molar-refractivity contribution in [2.24, 2.45) is 0 Å². The van der Waals surface area contributed by atoms with E-state index in [1.807, 2.05) is 67.6 Å². The zero-order chi connectivity index (χ0) is 29.9. The summed E-state index contributed by atoms with van der Waals surface area (Å²) in [6.07, 6.45) is 1.38. The molecule has 2 heterocycles. The van der Waals surface area contributed by atoms with Gasteiger partial charge in [-0.05, 0) is 54.4 Å². The molecular formula is C31H31FN4O5Si. The van der Waals surface area contributed by atoms with E-state index in [-0.39, 0.29) is 17.5 Å². The number of hydrogen-bond donors (Lipinski definition) is 0. The fourth-order valence-corrected chi connectivity index (χ4v) is 6.40. The van der Waals surface area contributed by atoms with E-state index >= 15 is 0 Å². The van der Waals surface area contributed by atoms with Crippen LogP contribution in [0.25, 0.3) is 22.3 Å². The summed E-state index contributed by atoms with van der Waals surface area (Å²) in [4.78, 5) is 19.2. The highest BCUT2D eigenvalue weighted by Gasteiger charge is 2.33. The molecule has 9 nitrogen and oxygen atoms in total. The second kappa shape index (κ2) is 12.1. The molecule has 5 aromatic rings. The van der Waals surface area contributed by atoms with Gasteiger partial charge in [-0.2, -0.15) is 4.39 Å². The minimum atomic E-state index is -1.97. The van der Waals surface area contributed by atoms with Crippen LogP contribution in [0.15, 0.2) is 85.2 Å². The van der Waals surface area contributed by atoms with Crippen molar-refractivity contribution in [2.45, 2.75) is 39.0 Å². The SMILES string of the molecule is CCOC(n1c(-c2ccc(OCc3ccccc3)cc2)cc2c(Oc3ccc([N+](=O)[O-])c(F)c3)ncnc21)[Si](C)(C)C. The van der Waals surface area contributed by atoms with Crippen LogP contribution in [-0.2, 0) is 11.3 Å². The van der Waals surface area contributed by atoms with Crippen LogP contribution in [0.3, 0.4) is 0 Å². The number of ether oxygens (including phenoxy) is 3. The van der Waals surface area contributed by atoms with E-state index in [0.717, 1.165) is 34.7 Å². The quantitative estimate of drug-likeness (QED) is 0.0880. The monoisotopic (exact) mass is 586 g/mol. The number of halogens is 1. The molecule has 0 spiro atoms. The average Bonchev–Trinajstić information content (AvgIpc) is 3.35. The van der Waals surface area contributed by atoms with Crippen molar-refractivity contribution in [3.8, 4) is 28.6 Å². The molecule has 0 bridgehead atoms. The summed E-state index contributed by atoms with van der Waals surface area (Å²) in [6, 6.07) is 23.1. The molecule has 0 aliphatic heterocycles. The highest BCUT2D eigenvalue weighted by molar-refractivity contribution is 6.76. The van der Waals surface area contributed by atoms with E-state index in [0.29, 0.717) is 24.2 Å². The lowest BCUT2D eigenvalue weighted by atomic mass is 10.1. The molecule has 0 aliphatic rings. The van der Waals surface area contributed by atoms with Crippen LogP contribution in [0.2, 0.25) is 19.6 Å². The summed E-state index contributed by atoms with van der Waals surface area (Å²) in [5.41, 5.74) is 2.81. The Balaban J connectivity index is 1.56.